The lowest BCUT2D eigenvalue weighted by Crippen LogP contribution is -2.12. The largest absolute Gasteiger partial charge is 0.373 e. The summed E-state index contributed by atoms with van der Waals surface area (Å²) in [6.07, 6.45) is 8.38. The van der Waals surface area contributed by atoms with E-state index in [-0.39, 0.29) is 6.10 Å². The van der Waals surface area contributed by atoms with Crippen LogP contribution in [0.15, 0.2) is 30.3 Å². The quantitative estimate of drug-likeness (QED) is 0.723. The van der Waals surface area contributed by atoms with Crippen molar-refractivity contribution in [3.63, 3.8) is 0 Å². The molecule has 0 bridgehead atoms. The molecule has 0 heterocycles. The molecule has 15 heavy (non-hydrogen) atoms. The third-order valence-electron chi connectivity index (χ3n) is 2.43. The van der Waals surface area contributed by atoms with Crippen molar-refractivity contribution in [2.45, 2.75) is 13.0 Å². The van der Waals surface area contributed by atoms with E-state index in [1.807, 2.05) is 38.0 Å². The Labute approximate surface area is 92.5 Å². The fraction of sp³-hybridized carbons (Fsp3) is 0.214. The summed E-state index contributed by atoms with van der Waals surface area (Å²) in [6, 6.07) is 10.3. The molecule has 0 aromatic heterocycles. The fourth-order valence-electron chi connectivity index (χ4n) is 1.74. The van der Waals surface area contributed by atoms with Crippen molar-refractivity contribution in [2.24, 2.45) is 0 Å². The zero-order chi connectivity index (χ0) is 10.5. The van der Waals surface area contributed by atoms with Crippen molar-refractivity contribution < 1.29 is 4.74 Å². The summed E-state index contributed by atoms with van der Waals surface area (Å²) in [4.78, 5) is 0. The molecule has 0 saturated heterocycles. The van der Waals surface area contributed by atoms with Gasteiger partial charge in [0.15, 0.2) is 0 Å². The Morgan fingerprint density at radius 3 is 2.33 bits per heavy atom. The van der Waals surface area contributed by atoms with Crippen LogP contribution in [-0.2, 0) is 4.74 Å². The maximum atomic E-state index is 5.77. The maximum Gasteiger partial charge on any atom is 0.0893 e. The summed E-state index contributed by atoms with van der Waals surface area (Å²) in [5.41, 5.74) is 1.21. The van der Waals surface area contributed by atoms with E-state index in [2.05, 4.69) is 25.0 Å². The van der Waals surface area contributed by atoms with Crippen LogP contribution in [0.3, 0.4) is 0 Å². The SMILES string of the molecule is CCOC([C]1[CH][CH][CH][CH]1)c1ccccc1. The number of hydrogen-bond acceptors (Lipinski definition) is 1. The number of rotatable bonds is 4. The van der Waals surface area contributed by atoms with Gasteiger partial charge < -0.3 is 4.74 Å². The van der Waals surface area contributed by atoms with Crippen LogP contribution in [-0.4, -0.2) is 6.61 Å². The molecule has 1 aromatic rings. The highest BCUT2D eigenvalue weighted by Gasteiger charge is 2.27. The minimum atomic E-state index is 0.0752. The molecule has 77 valence electrons. The second kappa shape index (κ2) is 5.32. The van der Waals surface area contributed by atoms with Gasteiger partial charge in [-0.05, 0) is 38.2 Å². The van der Waals surface area contributed by atoms with Crippen LogP contribution in [0.4, 0.5) is 0 Å². The molecule has 1 saturated carbocycles. The molecular weight excluding hydrogens is 184 g/mol. The molecule has 0 aliphatic heterocycles. The van der Waals surface area contributed by atoms with Crippen molar-refractivity contribution in [3.05, 3.63) is 67.5 Å². The van der Waals surface area contributed by atoms with Gasteiger partial charge in [-0.15, -0.1) is 0 Å². The minimum absolute atomic E-state index is 0.0752. The van der Waals surface area contributed by atoms with Crippen molar-refractivity contribution in [3.8, 4) is 0 Å². The lowest BCUT2D eigenvalue weighted by atomic mass is 9.94. The highest BCUT2D eigenvalue weighted by Crippen LogP contribution is 2.37. The van der Waals surface area contributed by atoms with Gasteiger partial charge in [-0.2, -0.15) is 0 Å². The molecule has 0 amide bonds. The van der Waals surface area contributed by atoms with Crippen LogP contribution in [0.2, 0.25) is 0 Å². The monoisotopic (exact) mass is 199 g/mol. The third kappa shape index (κ3) is 2.60. The standard InChI is InChI=1S/C14H15O/c1-2-15-14(13-10-6-7-11-13)12-8-4-3-5-9-12/h3-11,14H,2H2,1H3. The second-order valence-electron chi connectivity index (χ2n) is 3.46. The molecule has 5 radical (unpaired) electrons. The van der Waals surface area contributed by atoms with Gasteiger partial charge in [0.2, 0.25) is 0 Å². The van der Waals surface area contributed by atoms with E-state index in [4.69, 9.17) is 4.74 Å². The van der Waals surface area contributed by atoms with E-state index in [1.54, 1.807) is 0 Å². The smallest absolute Gasteiger partial charge is 0.0893 e. The van der Waals surface area contributed by atoms with Crippen LogP contribution < -0.4 is 0 Å². The van der Waals surface area contributed by atoms with Gasteiger partial charge in [0.25, 0.3) is 0 Å². The van der Waals surface area contributed by atoms with Crippen LogP contribution in [0.5, 0.6) is 0 Å². The zero-order valence-corrected chi connectivity index (χ0v) is 8.89. The van der Waals surface area contributed by atoms with Gasteiger partial charge in [0.05, 0.1) is 6.10 Å². The molecule has 1 aliphatic carbocycles. The average Bonchev–Trinajstić information content (AvgIpc) is 2.80. The minimum Gasteiger partial charge on any atom is -0.373 e. The molecule has 1 nitrogen and oxygen atoms in total. The van der Waals surface area contributed by atoms with E-state index in [0.717, 1.165) is 6.61 Å². The van der Waals surface area contributed by atoms with Crippen molar-refractivity contribution in [1.29, 1.82) is 0 Å². The number of hydrogen-bond donors (Lipinski definition) is 0. The van der Waals surface area contributed by atoms with E-state index < -0.39 is 0 Å². The molecular formula is C14H15O. The molecule has 1 fully saturated rings. The van der Waals surface area contributed by atoms with Gasteiger partial charge in [0, 0.05) is 12.5 Å². The van der Waals surface area contributed by atoms with Gasteiger partial charge in [-0.3, -0.25) is 0 Å². The first-order valence-corrected chi connectivity index (χ1v) is 5.30. The topological polar surface area (TPSA) is 9.23 Å². The number of benzene rings is 1. The predicted octanol–water partition coefficient (Wildman–Crippen LogP) is 3.17. The second-order valence-corrected chi connectivity index (χ2v) is 3.46. The highest BCUT2D eigenvalue weighted by atomic mass is 16.5. The Balaban J connectivity index is 2.11. The summed E-state index contributed by atoms with van der Waals surface area (Å²) >= 11 is 0. The molecule has 1 aromatic carbocycles. The van der Waals surface area contributed by atoms with Crippen molar-refractivity contribution in [2.75, 3.05) is 6.61 Å². The lowest BCUT2D eigenvalue weighted by Gasteiger charge is -2.22. The number of ether oxygens (including phenoxy) is 1. The normalized spacial score (nSPS) is 19.3. The molecule has 1 unspecified atom stereocenters. The van der Waals surface area contributed by atoms with Crippen molar-refractivity contribution in [1.82, 2.24) is 0 Å². The first kappa shape index (κ1) is 10.7. The average molecular weight is 199 g/mol. The fourth-order valence-corrected chi connectivity index (χ4v) is 1.74. The van der Waals surface area contributed by atoms with Gasteiger partial charge in [-0.1, -0.05) is 30.3 Å². The lowest BCUT2D eigenvalue weighted by molar-refractivity contribution is 0.0782. The van der Waals surface area contributed by atoms with E-state index >= 15 is 0 Å². The predicted molar refractivity (Wildman–Crippen MR) is 61.3 cm³/mol. The van der Waals surface area contributed by atoms with Crippen LogP contribution >= 0.6 is 0 Å². The van der Waals surface area contributed by atoms with Crippen molar-refractivity contribution >= 4 is 0 Å². The first-order valence-electron chi connectivity index (χ1n) is 5.30. The Morgan fingerprint density at radius 1 is 1.07 bits per heavy atom. The van der Waals surface area contributed by atoms with E-state index in [1.165, 1.54) is 11.5 Å². The molecule has 0 spiro atoms. The summed E-state index contributed by atoms with van der Waals surface area (Å²) in [7, 11) is 0. The summed E-state index contributed by atoms with van der Waals surface area (Å²) in [5, 5.41) is 0. The van der Waals surface area contributed by atoms with Crippen LogP contribution in [0.1, 0.15) is 18.6 Å². The molecule has 1 atom stereocenters. The Kier molecular flexibility index (Phi) is 3.79. The Hall–Kier alpha value is -0.820. The third-order valence-corrected chi connectivity index (χ3v) is 2.43. The van der Waals surface area contributed by atoms with Gasteiger partial charge in [-0.25, -0.2) is 0 Å². The van der Waals surface area contributed by atoms with Gasteiger partial charge in [0.1, 0.15) is 0 Å². The molecule has 0 N–H and O–H groups in total. The zero-order valence-electron chi connectivity index (χ0n) is 8.89. The van der Waals surface area contributed by atoms with E-state index in [0.29, 0.717) is 0 Å². The molecule has 1 aliphatic rings. The summed E-state index contributed by atoms with van der Waals surface area (Å²) < 4.78 is 5.77. The molecule has 2 rings (SSSR count). The Morgan fingerprint density at radius 2 is 1.73 bits per heavy atom. The summed E-state index contributed by atoms with van der Waals surface area (Å²) in [5.74, 6) is 1.23. The van der Waals surface area contributed by atoms with Gasteiger partial charge >= 0.3 is 0 Å². The van der Waals surface area contributed by atoms with Crippen LogP contribution in [0.25, 0.3) is 0 Å². The summed E-state index contributed by atoms with van der Waals surface area (Å²) in [6.45, 7) is 2.75. The maximum absolute atomic E-state index is 5.77. The van der Waals surface area contributed by atoms with Crippen LogP contribution in [0, 0.1) is 31.6 Å². The first-order chi connectivity index (χ1) is 7.42. The van der Waals surface area contributed by atoms with E-state index in [9.17, 15) is 0 Å². The highest BCUT2D eigenvalue weighted by molar-refractivity contribution is 5.41. The Bertz CT molecular complexity index is 275. The molecule has 1 heteroatoms.